The van der Waals surface area contributed by atoms with Crippen molar-refractivity contribution in [3.05, 3.63) is 64.9 Å². The van der Waals surface area contributed by atoms with E-state index in [9.17, 15) is 17.6 Å². The summed E-state index contributed by atoms with van der Waals surface area (Å²) in [6.45, 7) is 3.76. The van der Waals surface area contributed by atoms with Crippen molar-refractivity contribution in [1.29, 1.82) is 0 Å². The lowest BCUT2D eigenvalue weighted by Gasteiger charge is -2.36. The summed E-state index contributed by atoms with van der Waals surface area (Å²) < 4.78 is 40.0. The number of sulfonamides is 1. The van der Waals surface area contributed by atoms with E-state index in [0.29, 0.717) is 39.1 Å². The number of nitrogens with one attached hydrogen (secondary N) is 1. The summed E-state index contributed by atoms with van der Waals surface area (Å²) in [4.78, 5) is 14.5. The van der Waals surface area contributed by atoms with Gasteiger partial charge in [-0.05, 0) is 43.2 Å². The first-order valence-electron chi connectivity index (χ1n) is 9.80. The van der Waals surface area contributed by atoms with Crippen molar-refractivity contribution in [2.24, 2.45) is 0 Å². The molecule has 0 aromatic heterocycles. The molecule has 1 amide bonds. The molecule has 30 heavy (non-hydrogen) atoms. The molecule has 1 N–H and O–H groups in total. The Balaban J connectivity index is 1.49. The van der Waals surface area contributed by atoms with E-state index in [2.05, 4.69) is 5.32 Å². The van der Waals surface area contributed by atoms with Gasteiger partial charge < -0.3 is 5.32 Å². The highest BCUT2D eigenvalue weighted by Gasteiger charge is 2.32. The molecule has 0 radical (unpaired) electrons. The van der Waals surface area contributed by atoms with E-state index in [0.717, 1.165) is 5.56 Å². The Bertz CT molecular complexity index is 977. The predicted octanol–water partition coefficient (Wildman–Crippen LogP) is 2.53. The second-order valence-corrected chi connectivity index (χ2v) is 9.53. The van der Waals surface area contributed by atoms with Crippen molar-refractivity contribution in [3.63, 3.8) is 0 Å². The third-order valence-corrected chi connectivity index (χ3v) is 7.68. The molecule has 0 bridgehead atoms. The largest absolute Gasteiger partial charge is 0.354 e. The number of benzene rings is 2. The number of piperazine rings is 1. The first kappa shape index (κ1) is 22.7. The maximum atomic E-state index is 12.9. The van der Waals surface area contributed by atoms with Crippen LogP contribution in [0.5, 0.6) is 0 Å². The minimum absolute atomic E-state index is 0.103. The molecule has 3 rings (SSSR count). The van der Waals surface area contributed by atoms with Gasteiger partial charge in [0, 0.05) is 32.7 Å². The minimum Gasteiger partial charge on any atom is -0.354 e. The van der Waals surface area contributed by atoms with Gasteiger partial charge in [-0.25, -0.2) is 12.8 Å². The van der Waals surface area contributed by atoms with Gasteiger partial charge in [0.25, 0.3) is 0 Å². The highest BCUT2D eigenvalue weighted by molar-refractivity contribution is 7.89. The van der Waals surface area contributed by atoms with Crippen molar-refractivity contribution < 1.29 is 17.6 Å². The summed E-state index contributed by atoms with van der Waals surface area (Å²) >= 11 is 6.06. The van der Waals surface area contributed by atoms with Crippen LogP contribution in [0.15, 0.2) is 53.4 Å². The zero-order chi connectivity index (χ0) is 21.7. The van der Waals surface area contributed by atoms with E-state index in [4.69, 9.17) is 11.6 Å². The van der Waals surface area contributed by atoms with E-state index in [1.54, 1.807) is 30.3 Å². The molecule has 0 aliphatic carbocycles. The van der Waals surface area contributed by atoms with Gasteiger partial charge >= 0.3 is 0 Å². The molecule has 6 nitrogen and oxygen atoms in total. The van der Waals surface area contributed by atoms with Crippen LogP contribution in [0.25, 0.3) is 0 Å². The lowest BCUT2D eigenvalue weighted by molar-refractivity contribution is -0.126. The lowest BCUT2D eigenvalue weighted by Crippen LogP contribution is -2.55. The Morgan fingerprint density at radius 2 is 1.73 bits per heavy atom. The van der Waals surface area contributed by atoms with Crippen molar-refractivity contribution in [2.75, 3.05) is 32.7 Å². The first-order chi connectivity index (χ1) is 14.3. The summed E-state index contributed by atoms with van der Waals surface area (Å²) in [7, 11) is -3.66. The average molecular weight is 454 g/mol. The Labute approximate surface area is 181 Å². The molecule has 2 aromatic carbocycles. The molecule has 1 fully saturated rings. The number of nitrogens with zero attached hydrogens (tertiary/aromatic N) is 2. The number of amides is 1. The zero-order valence-corrected chi connectivity index (χ0v) is 18.3. The summed E-state index contributed by atoms with van der Waals surface area (Å²) in [6, 6.07) is 12.2. The fraction of sp³-hybridized carbons (Fsp3) is 0.381. The Morgan fingerprint density at radius 3 is 2.37 bits per heavy atom. The fourth-order valence-corrected chi connectivity index (χ4v) is 5.33. The second kappa shape index (κ2) is 9.87. The highest BCUT2D eigenvalue weighted by Crippen LogP contribution is 2.25. The van der Waals surface area contributed by atoms with Crippen molar-refractivity contribution in [2.45, 2.75) is 24.3 Å². The third kappa shape index (κ3) is 5.37. The van der Waals surface area contributed by atoms with Crippen molar-refractivity contribution in [1.82, 2.24) is 14.5 Å². The normalized spacial score (nSPS) is 16.9. The molecule has 2 aromatic rings. The molecular weight excluding hydrogens is 429 g/mol. The number of rotatable bonds is 7. The fourth-order valence-electron chi connectivity index (χ4n) is 3.42. The summed E-state index contributed by atoms with van der Waals surface area (Å²) in [5.74, 6) is -0.397. The van der Waals surface area contributed by atoms with Gasteiger partial charge in [-0.15, -0.1) is 0 Å². The van der Waals surface area contributed by atoms with Gasteiger partial charge in [0.2, 0.25) is 15.9 Å². The van der Waals surface area contributed by atoms with Gasteiger partial charge in [-0.2, -0.15) is 4.31 Å². The van der Waals surface area contributed by atoms with Gasteiger partial charge in [0.05, 0.1) is 11.1 Å². The summed E-state index contributed by atoms with van der Waals surface area (Å²) in [5, 5.41) is 3.10. The molecule has 1 saturated heterocycles. The molecule has 162 valence electrons. The monoisotopic (exact) mass is 453 g/mol. The topological polar surface area (TPSA) is 69.7 Å². The SMILES string of the molecule is CC(C(=O)NCCc1ccc(F)cc1)N1CCN(S(=O)(=O)c2ccccc2Cl)CC1. The first-order valence-corrected chi connectivity index (χ1v) is 11.6. The Kier molecular flexibility index (Phi) is 7.46. The van der Waals surface area contributed by atoms with Gasteiger partial charge in [0.15, 0.2) is 0 Å². The molecule has 0 spiro atoms. The molecule has 1 atom stereocenters. The number of carbonyl (C=O) groups excluding carboxylic acids is 1. The quantitative estimate of drug-likeness (QED) is 0.699. The number of halogens is 2. The van der Waals surface area contributed by atoms with Crippen molar-refractivity contribution in [3.8, 4) is 0 Å². The van der Waals surface area contributed by atoms with E-state index < -0.39 is 10.0 Å². The van der Waals surface area contributed by atoms with Crippen LogP contribution in [0.1, 0.15) is 12.5 Å². The summed E-state index contributed by atoms with van der Waals surface area (Å²) in [6.07, 6.45) is 0.614. The van der Waals surface area contributed by atoms with Crippen LogP contribution in [0.2, 0.25) is 5.02 Å². The van der Waals surface area contributed by atoms with Crippen LogP contribution in [-0.4, -0.2) is 62.3 Å². The molecular formula is C21H25ClFN3O3S. The Hall–Kier alpha value is -2.00. The molecule has 9 heteroatoms. The molecule has 1 aliphatic heterocycles. The minimum atomic E-state index is -3.66. The van der Waals surface area contributed by atoms with Crippen LogP contribution < -0.4 is 5.32 Å². The van der Waals surface area contributed by atoms with Crippen LogP contribution in [0.3, 0.4) is 0 Å². The standard InChI is InChI=1S/C21H25ClFN3O3S/c1-16(21(27)24-11-10-17-6-8-18(23)9-7-17)25-12-14-26(15-13-25)30(28,29)20-5-3-2-4-19(20)22/h2-9,16H,10-15H2,1H3,(H,24,27). The lowest BCUT2D eigenvalue weighted by atomic mass is 10.1. The predicted molar refractivity (Wildman–Crippen MR) is 114 cm³/mol. The smallest absolute Gasteiger partial charge is 0.244 e. The molecule has 1 heterocycles. The Morgan fingerprint density at radius 1 is 1.10 bits per heavy atom. The van der Waals surface area contributed by atoms with Crippen molar-refractivity contribution >= 4 is 27.5 Å². The molecule has 1 aliphatic rings. The number of hydrogen-bond acceptors (Lipinski definition) is 4. The van der Waals surface area contributed by atoms with Gasteiger partial charge in [0.1, 0.15) is 10.7 Å². The molecule has 1 unspecified atom stereocenters. The van der Waals surface area contributed by atoms with E-state index in [-0.39, 0.29) is 27.7 Å². The number of hydrogen-bond donors (Lipinski definition) is 1. The number of carbonyl (C=O) groups is 1. The maximum Gasteiger partial charge on any atom is 0.244 e. The second-order valence-electron chi connectivity index (χ2n) is 7.21. The van der Waals surface area contributed by atoms with Gasteiger partial charge in [-0.1, -0.05) is 35.9 Å². The highest BCUT2D eigenvalue weighted by atomic mass is 35.5. The van der Waals surface area contributed by atoms with E-state index >= 15 is 0 Å². The van der Waals surface area contributed by atoms with Gasteiger partial charge in [-0.3, -0.25) is 9.69 Å². The van der Waals surface area contributed by atoms with Crippen LogP contribution >= 0.6 is 11.6 Å². The van der Waals surface area contributed by atoms with Crippen LogP contribution in [-0.2, 0) is 21.2 Å². The third-order valence-electron chi connectivity index (χ3n) is 5.28. The van der Waals surface area contributed by atoms with E-state index in [1.165, 1.54) is 22.5 Å². The summed E-state index contributed by atoms with van der Waals surface area (Å²) in [5.41, 5.74) is 0.947. The zero-order valence-electron chi connectivity index (χ0n) is 16.7. The van der Waals surface area contributed by atoms with Crippen LogP contribution in [0.4, 0.5) is 4.39 Å². The average Bonchev–Trinajstić information content (AvgIpc) is 2.75. The van der Waals surface area contributed by atoms with E-state index in [1.807, 2.05) is 11.8 Å². The van der Waals surface area contributed by atoms with Crippen LogP contribution in [0, 0.1) is 5.82 Å². The molecule has 0 saturated carbocycles. The maximum absolute atomic E-state index is 12.9.